The minimum absolute atomic E-state index is 0.0420. The Morgan fingerprint density at radius 3 is 3.00 bits per heavy atom. The van der Waals surface area contributed by atoms with Gasteiger partial charge in [-0.25, -0.2) is 0 Å². The van der Waals surface area contributed by atoms with Crippen LogP contribution in [0.2, 0.25) is 0 Å². The van der Waals surface area contributed by atoms with Gasteiger partial charge in [0.1, 0.15) is 0 Å². The number of amides is 1. The van der Waals surface area contributed by atoms with Crippen molar-refractivity contribution >= 4 is 22.8 Å². The minimum atomic E-state index is -0.199. The van der Waals surface area contributed by atoms with Gasteiger partial charge in [0.15, 0.2) is 5.17 Å². The fourth-order valence-electron chi connectivity index (χ4n) is 1.72. The molecule has 1 heterocycles. The van der Waals surface area contributed by atoms with Gasteiger partial charge in [0.05, 0.1) is 5.54 Å². The topological polar surface area (TPSA) is 67.5 Å². The van der Waals surface area contributed by atoms with Gasteiger partial charge in [0.2, 0.25) is 5.91 Å². The van der Waals surface area contributed by atoms with Crippen molar-refractivity contribution in [2.45, 2.75) is 45.2 Å². The minimum Gasteiger partial charge on any atom is -0.379 e. The number of aliphatic imine (C=N–C) groups is 1. The summed E-state index contributed by atoms with van der Waals surface area (Å²) in [6.45, 7) is 5.87. The Labute approximate surface area is 119 Å². The lowest BCUT2D eigenvalue weighted by Gasteiger charge is -2.25. The fraction of sp³-hybridized carbons (Fsp3) is 0.571. The zero-order valence-corrected chi connectivity index (χ0v) is 12.7. The molecule has 1 rings (SSSR count). The summed E-state index contributed by atoms with van der Waals surface area (Å²) < 4.78 is 0. The lowest BCUT2D eigenvalue weighted by molar-refractivity contribution is -0.121. The zero-order valence-electron chi connectivity index (χ0n) is 11.8. The number of carbonyl (C=O) groups is 1. The second-order valence-electron chi connectivity index (χ2n) is 4.86. The molecular weight excluding hydrogens is 258 g/mol. The number of nitrogens with two attached hydrogens (primary N) is 1. The second kappa shape index (κ2) is 7.38. The van der Waals surface area contributed by atoms with Gasteiger partial charge in [0.25, 0.3) is 0 Å². The Morgan fingerprint density at radius 2 is 2.37 bits per heavy atom. The largest absolute Gasteiger partial charge is 0.379 e. The third-order valence-corrected chi connectivity index (χ3v) is 3.70. The molecule has 2 atom stereocenters. The average molecular weight is 281 g/mol. The smallest absolute Gasteiger partial charge is 0.220 e. The standard InChI is InChI=1S/C14H23N3OS/c1-4-12(18)16-11(2)7-5-6-8-14(3)9-10-19-13(15)17-14/h5-8,11H,4,9-10H2,1-3H3,(H2,15,17)(H,16,18)/b7-5-,8-6+. The molecule has 0 aromatic rings. The van der Waals surface area contributed by atoms with Crippen molar-refractivity contribution in [3.8, 4) is 0 Å². The summed E-state index contributed by atoms with van der Waals surface area (Å²) in [5.41, 5.74) is 5.55. The summed E-state index contributed by atoms with van der Waals surface area (Å²) in [6, 6.07) is 0.0420. The Balaban J connectivity index is 2.49. The molecule has 2 unspecified atom stereocenters. The second-order valence-corrected chi connectivity index (χ2v) is 5.97. The van der Waals surface area contributed by atoms with E-state index in [0.29, 0.717) is 11.6 Å². The molecular formula is C14H23N3OS. The number of thioether (sulfide) groups is 1. The van der Waals surface area contributed by atoms with Crippen LogP contribution < -0.4 is 11.1 Å². The third-order valence-electron chi connectivity index (χ3n) is 2.90. The van der Waals surface area contributed by atoms with E-state index in [1.807, 2.05) is 32.1 Å². The molecule has 1 amide bonds. The van der Waals surface area contributed by atoms with E-state index in [2.05, 4.69) is 23.3 Å². The van der Waals surface area contributed by atoms with Crippen LogP contribution in [0.5, 0.6) is 0 Å². The number of nitrogens with one attached hydrogen (secondary N) is 1. The summed E-state index contributed by atoms with van der Waals surface area (Å²) in [7, 11) is 0. The summed E-state index contributed by atoms with van der Waals surface area (Å²) in [5, 5.41) is 3.53. The first-order valence-electron chi connectivity index (χ1n) is 6.59. The van der Waals surface area contributed by atoms with Crippen LogP contribution in [-0.4, -0.2) is 28.4 Å². The monoisotopic (exact) mass is 281 g/mol. The van der Waals surface area contributed by atoms with Gasteiger partial charge < -0.3 is 11.1 Å². The maximum absolute atomic E-state index is 11.2. The summed E-state index contributed by atoms with van der Waals surface area (Å²) >= 11 is 1.60. The van der Waals surface area contributed by atoms with E-state index < -0.39 is 0 Å². The predicted molar refractivity (Wildman–Crippen MR) is 83.3 cm³/mol. The first-order valence-corrected chi connectivity index (χ1v) is 7.57. The SMILES string of the molecule is CCC(=O)NC(C)/C=C\C=C\C1(C)CCSC(N)=N1. The number of allylic oxidation sites excluding steroid dienone is 2. The first kappa shape index (κ1) is 15.8. The molecule has 0 aromatic carbocycles. The van der Waals surface area contributed by atoms with E-state index in [9.17, 15) is 4.79 Å². The molecule has 0 bridgehead atoms. The van der Waals surface area contributed by atoms with Gasteiger partial charge in [-0.15, -0.1) is 0 Å². The molecule has 4 nitrogen and oxygen atoms in total. The van der Waals surface area contributed by atoms with E-state index in [-0.39, 0.29) is 17.5 Å². The molecule has 0 radical (unpaired) electrons. The zero-order chi connectivity index (χ0) is 14.3. The molecule has 0 aliphatic carbocycles. The van der Waals surface area contributed by atoms with Crippen molar-refractivity contribution in [2.24, 2.45) is 10.7 Å². The highest BCUT2D eigenvalue weighted by Gasteiger charge is 2.23. The number of nitrogens with zero attached hydrogens (tertiary/aromatic N) is 1. The highest BCUT2D eigenvalue weighted by atomic mass is 32.2. The Kier molecular flexibility index (Phi) is 6.15. The van der Waals surface area contributed by atoms with E-state index in [1.165, 1.54) is 0 Å². The molecule has 3 N–H and O–H groups in total. The first-order chi connectivity index (χ1) is 8.95. The number of hydrogen-bond donors (Lipinski definition) is 2. The number of hydrogen-bond acceptors (Lipinski definition) is 4. The number of carbonyl (C=O) groups excluding carboxylic acids is 1. The summed E-state index contributed by atoms with van der Waals surface area (Å²) in [6.07, 6.45) is 9.44. The van der Waals surface area contributed by atoms with Gasteiger partial charge in [0, 0.05) is 18.2 Å². The van der Waals surface area contributed by atoms with Crippen LogP contribution in [0.15, 0.2) is 29.3 Å². The van der Waals surface area contributed by atoms with Gasteiger partial charge in [-0.3, -0.25) is 9.79 Å². The van der Waals surface area contributed by atoms with Gasteiger partial charge in [-0.05, 0) is 20.3 Å². The Morgan fingerprint density at radius 1 is 1.63 bits per heavy atom. The van der Waals surface area contributed by atoms with Gasteiger partial charge >= 0.3 is 0 Å². The normalized spacial score (nSPS) is 25.5. The fourth-order valence-corrected chi connectivity index (χ4v) is 2.72. The van der Waals surface area contributed by atoms with Crippen LogP contribution >= 0.6 is 11.8 Å². The molecule has 1 aliphatic heterocycles. The quantitative estimate of drug-likeness (QED) is 0.759. The molecule has 1 aliphatic rings. The molecule has 0 fully saturated rings. The highest BCUT2D eigenvalue weighted by molar-refractivity contribution is 8.13. The van der Waals surface area contributed by atoms with Crippen LogP contribution in [0.25, 0.3) is 0 Å². The average Bonchev–Trinajstić information content (AvgIpc) is 2.34. The van der Waals surface area contributed by atoms with Crippen LogP contribution in [-0.2, 0) is 4.79 Å². The molecule has 5 heteroatoms. The predicted octanol–water partition coefficient (Wildman–Crippen LogP) is 2.22. The Bertz CT molecular complexity index is 403. The summed E-state index contributed by atoms with van der Waals surface area (Å²) in [4.78, 5) is 15.7. The van der Waals surface area contributed by atoms with Crippen molar-refractivity contribution in [3.63, 3.8) is 0 Å². The number of rotatable bonds is 5. The van der Waals surface area contributed by atoms with Crippen molar-refractivity contribution in [1.29, 1.82) is 0 Å². The molecule has 0 saturated heterocycles. The van der Waals surface area contributed by atoms with E-state index in [4.69, 9.17) is 5.73 Å². The van der Waals surface area contributed by atoms with Crippen molar-refractivity contribution in [3.05, 3.63) is 24.3 Å². The van der Waals surface area contributed by atoms with Crippen molar-refractivity contribution < 1.29 is 4.79 Å². The molecule has 0 aromatic heterocycles. The molecule has 106 valence electrons. The third kappa shape index (κ3) is 5.96. The van der Waals surface area contributed by atoms with E-state index >= 15 is 0 Å². The maximum Gasteiger partial charge on any atom is 0.220 e. The highest BCUT2D eigenvalue weighted by Crippen LogP contribution is 2.26. The molecule has 0 saturated carbocycles. The van der Waals surface area contributed by atoms with E-state index in [1.54, 1.807) is 11.8 Å². The lowest BCUT2D eigenvalue weighted by Crippen LogP contribution is -2.30. The Hall–Kier alpha value is -1.23. The van der Waals surface area contributed by atoms with Gasteiger partial charge in [-0.1, -0.05) is 43.0 Å². The maximum atomic E-state index is 11.2. The summed E-state index contributed by atoms with van der Waals surface area (Å²) in [5.74, 6) is 1.07. The van der Waals surface area contributed by atoms with E-state index in [0.717, 1.165) is 12.2 Å². The molecule has 19 heavy (non-hydrogen) atoms. The van der Waals surface area contributed by atoms with Crippen molar-refractivity contribution in [1.82, 2.24) is 5.32 Å². The van der Waals surface area contributed by atoms with Gasteiger partial charge in [-0.2, -0.15) is 0 Å². The van der Waals surface area contributed by atoms with Crippen LogP contribution in [0.4, 0.5) is 0 Å². The van der Waals surface area contributed by atoms with Crippen LogP contribution in [0.1, 0.15) is 33.6 Å². The van der Waals surface area contributed by atoms with Crippen molar-refractivity contribution in [2.75, 3.05) is 5.75 Å². The van der Waals surface area contributed by atoms with Crippen LogP contribution in [0.3, 0.4) is 0 Å². The van der Waals surface area contributed by atoms with Crippen LogP contribution in [0, 0.1) is 0 Å². The molecule has 0 spiro atoms. The number of amidine groups is 1. The lowest BCUT2D eigenvalue weighted by atomic mass is 9.99.